The summed E-state index contributed by atoms with van der Waals surface area (Å²) >= 11 is 0. The van der Waals surface area contributed by atoms with Crippen LogP contribution in [-0.2, 0) is 6.42 Å². The van der Waals surface area contributed by atoms with Crippen LogP contribution in [0.2, 0.25) is 0 Å². The third-order valence-electron chi connectivity index (χ3n) is 2.64. The third-order valence-corrected chi connectivity index (χ3v) is 2.64. The molecule has 4 N–H and O–H groups in total. The molecule has 0 aliphatic rings. The Labute approximate surface area is 105 Å². The van der Waals surface area contributed by atoms with E-state index >= 15 is 0 Å². The zero-order valence-corrected chi connectivity index (χ0v) is 9.97. The van der Waals surface area contributed by atoms with Gasteiger partial charge in [-0.3, -0.25) is 4.79 Å². The molecule has 1 aromatic heterocycles. The Morgan fingerprint density at radius 2 is 2.11 bits per heavy atom. The highest BCUT2D eigenvalue weighted by Crippen LogP contribution is 2.06. The first-order valence-electron chi connectivity index (χ1n) is 5.83. The standard InChI is InChI=1S/C13H16N4O/c14-8-11(6-10-4-2-1-3-5-10)17-12-7-13(18)16-9-15-12/h1-5,7,9,11H,6,8,14H2,(H2,15,16,17,18). The SMILES string of the molecule is NCC(Cc1ccccc1)Nc1cc(=O)[nH]cn1. The van der Waals surface area contributed by atoms with Gasteiger partial charge in [0.15, 0.2) is 0 Å². The first-order chi connectivity index (χ1) is 8.78. The van der Waals surface area contributed by atoms with Crippen LogP contribution in [0.3, 0.4) is 0 Å². The van der Waals surface area contributed by atoms with Crippen molar-refractivity contribution < 1.29 is 0 Å². The molecule has 1 heterocycles. The van der Waals surface area contributed by atoms with E-state index in [0.29, 0.717) is 12.4 Å². The van der Waals surface area contributed by atoms with Crippen LogP contribution in [0.15, 0.2) is 47.5 Å². The van der Waals surface area contributed by atoms with Gasteiger partial charge in [-0.1, -0.05) is 30.3 Å². The van der Waals surface area contributed by atoms with Gasteiger partial charge >= 0.3 is 0 Å². The van der Waals surface area contributed by atoms with E-state index in [4.69, 9.17) is 5.73 Å². The molecule has 0 spiro atoms. The Bertz CT molecular complexity index is 538. The molecule has 2 aromatic rings. The summed E-state index contributed by atoms with van der Waals surface area (Å²) in [4.78, 5) is 17.7. The molecule has 0 aliphatic heterocycles. The summed E-state index contributed by atoms with van der Waals surface area (Å²) in [6, 6.07) is 11.6. The summed E-state index contributed by atoms with van der Waals surface area (Å²) in [5.74, 6) is 0.546. The second-order valence-electron chi connectivity index (χ2n) is 4.06. The lowest BCUT2D eigenvalue weighted by Gasteiger charge is -2.17. The Morgan fingerprint density at radius 1 is 1.33 bits per heavy atom. The van der Waals surface area contributed by atoms with Gasteiger partial charge < -0.3 is 16.0 Å². The van der Waals surface area contributed by atoms with E-state index in [2.05, 4.69) is 27.4 Å². The fourth-order valence-electron chi connectivity index (χ4n) is 1.75. The van der Waals surface area contributed by atoms with Gasteiger partial charge in [-0.2, -0.15) is 0 Å². The average molecular weight is 244 g/mol. The number of aromatic amines is 1. The van der Waals surface area contributed by atoms with Crippen LogP contribution in [0.4, 0.5) is 5.82 Å². The number of nitrogens with two attached hydrogens (primary N) is 1. The Balaban J connectivity index is 2.04. The molecule has 0 amide bonds. The lowest BCUT2D eigenvalue weighted by atomic mass is 10.1. The molecule has 0 radical (unpaired) electrons. The van der Waals surface area contributed by atoms with Crippen molar-refractivity contribution in [2.45, 2.75) is 12.5 Å². The molecule has 5 heteroatoms. The molecule has 18 heavy (non-hydrogen) atoms. The topological polar surface area (TPSA) is 83.8 Å². The lowest BCUT2D eigenvalue weighted by Crippen LogP contribution is -2.31. The van der Waals surface area contributed by atoms with E-state index in [0.717, 1.165) is 6.42 Å². The summed E-state index contributed by atoms with van der Waals surface area (Å²) in [5.41, 5.74) is 6.75. The summed E-state index contributed by atoms with van der Waals surface area (Å²) in [5, 5.41) is 3.16. The summed E-state index contributed by atoms with van der Waals surface area (Å²) in [6.45, 7) is 0.476. The van der Waals surface area contributed by atoms with Gasteiger partial charge in [-0.25, -0.2) is 4.98 Å². The zero-order valence-electron chi connectivity index (χ0n) is 9.97. The minimum Gasteiger partial charge on any atom is -0.366 e. The van der Waals surface area contributed by atoms with E-state index in [1.807, 2.05) is 18.2 Å². The predicted molar refractivity (Wildman–Crippen MR) is 71.5 cm³/mol. The van der Waals surface area contributed by atoms with Gasteiger partial charge in [0.2, 0.25) is 0 Å². The van der Waals surface area contributed by atoms with E-state index in [-0.39, 0.29) is 11.6 Å². The van der Waals surface area contributed by atoms with Crippen LogP contribution >= 0.6 is 0 Å². The van der Waals surface area contributed by atoms with Crippen molar-refractivity contribution in [3.63, 3.8) is 0 Å². The van der Waals surface area contributed by atoms with Gasteiger partial charge in [-0.05, 0) is 12.0 Å². The van der Waals surface area contributed by atoms with Crippen LogP contribution in [-0.4, -0.2) is 22.6 Å². The Morgan fingerprint density at radius 3 is 2.78 bits per heavy atom. The number of benzene rings is 1. The number of H-pyrrole nitrogens is 1. The minimum absolute atomic E-state index is 0.0571. The van der Waals surface area contributed by atoms with Crippen LogP contribution in [0.5, 0.6) is 0 Å². The number of nitrogens with one attached hydrogen (secondary N) is 2. The minimum atomic E-state index is -0.178. The second-order valence-corrected chi connectivity index (χ2v) is 4.06. The first kappa shape index (κ1) is 12.3. The molecule has 1 unspecified atom stereocenters. The number of hydrogen-bond donors (Lipinski definition) is 3. The molecule has 5 nitrogen and oxygen atoms in total. The predicted octanol–water partition coefficient (Wildman–Crippen LogP) is 0.752. The third kappa shape index (κ3) is 3.43. The van der Waals surface area contributed by atoms with Gasteiger partial charge in [0.1, 0.15) is 5.82 Å². The van der Waals surface area contributed by atoms with Crippen molar-refractivity contribution in [2.75, 3.05) is 11.9 Å². The Hall–Kier alpha value is -2.14. The van der Waals surface area contributed by atoms with Crippen molar-refractivity contribution in [2.24, 2.45) is 5.73 Å². The van der Waals surface area contributed by atoms with Crippen molar-refractivity contribution in [3.05, 3.63) is 58.6 Å². The molecule has 1 atom stereocenters. The molecular weight excluding hydrogens is 228 g/mol. The van der Waals surface area contributed by atoms with Crippen molar-refractivity contribution in [1.82, 2.24) is 9.97 Å². The maximum atomic E-state index is 11.2. The number of aromatic nitrogens is 2. The number of nitrogens with zero attached hydrogens (tertiary/aromatic N) is 1. The Kier molecular flexibility index (Phi) is 4.09. The van der Waals surface area contributed by atoms with Gasteiger partial charge in [0.25, 0.3) is 5.56 Å². The van der Waals surface area contributed by atoms with Crippen molar-refractivity contribution in [1.29, 1.82) is 0 Å². The second kappa shape index (κ2) is 5.97. The van der Waals surface area contributed by atoms with E-state index in [1.54, 1.807) is 0 Å². The molecule has 0 bridgehead atoms. The highest BCUT2D eigenvalue weighted by atomic mass is 16.1. The molecule has 0 saturated heterocycles. The first-order valence-corrected chi connectivity index (χ1v) is 5.83. The maximum Gasteiger partial charge on any atom is 0.252 e. The number of hydrogen-bond acceptors (Lipinski definition) is 4. The summed E-state index contributed by atoms with van der Waals surface area (Å²) in [6.07, 6.45) is 2.17. The fourth-order valence-corrected chi connectivity index (χ4v) is 1.75. The molecule has 1 aromatic carbocycles. The fraction of sp³-hybridized carbons (Fsp3) is 0.231. The highest BCUT2D eigenvalue weighted by molar-refractivity contribution is 5.34. The highest BCUT2D eigenvalue weighted by Gasteiger charge is 2.08. The van der Waals surface area contributed by atoms with Gasteiger partial charge in [-0.15, -0.1) is 0 Å². The summed E-state index contributed by atoms with van der Waals surface area (Å²) in [7, 11) is 0. The molecule has 94 valence electrons. The van der Waals surface area contributed by atoms with E-state index in [1.165, 1.54) is 18.0 Å². The van der Waals surface area contributed by atoms with Gasteiger partial charge in [0, 0.05) is 18.7 Å². The van der Waals surface area contributed by atoms with Crippen molar-refractivity contribution in [3.8, 4) is 0 Å². The smallest absolute Gasteiger partial charge is 0.252 e. The number of rotatable bonds is 5. The molecular formula is C13H16N4O. The largest absolute Gasteiger partial charge is 0.366 e. The molecule has 0 aliphatic carbocycles. The van der Waals surface area contributed by atoms with Crippen molar-refractivity contribution >= 4 is 5.82 Å². The molecule has 0 saturated carbocycles. The zero-order chi connectivity index (χ0) is 12.8. The van der Waals surface area contributed by atoms with Crippen LogP contribution in [0.1, 0.15) is 5.56 Å². The molecule has 2 rings (SSSR count). The monoisotopic (exact) mass is 244 g/mol. The maximum absolute atomic E-state index is 11.2. The van der Waals surface area contributed by atoms with E-state index < -0.39 is 0 Å². The van der Waals surface area contributed by atoms with Gasteiger partial charge in [0.05, 0.1) is 6.33 Å². The van der Waals surface area contributed by atoms with E-state index in [9.17, 15) is 4.79 Å². The quantitative estimate of drug-likeness (QED) is 0.724. The lowest BCUT2D eigenvalue weighted by molar-refractivity contribution is 0.719. The average Bonchev–Trinajstić information content (AvgIpc) is 2.39. The normalized spacial score (nSPS) is 12.1. The van der Waals surface area contributed by atoms with Crippen LogP contribution in [0, 0.1) is 0 Å². The van der Waals surface area contributed by atoms with Crippen LogP contribution in [0.25, 0.3) is 0 Å². The summed E-state index contributed by atoms with van der Waals surface area (Å²) < 4.78 is 0. The number of anilines is 1. The van der Waals surface area contributed by atoms with Crippen LogP contribution < -0.4 is 16.6 Å². The molecule has 0 fully saturated rings.